The molecule has 0 unspecified atom stereocenters. The van der Waals surface area contributed by atoms with E-state index in [-0.39, 0.29) is 10.8 Å². The lowest BCUT2D eigenvalue weighted by Gasteiger charge is -2.26. The maximum atomic E-state index is 12.5. The van der Waals surface area contributed by atoms with E-state index in [0.717, 1.165) is 0 Å². The number of morpholine rings is 1. The summed E-state index contributed by atoms with van der Waals surface area (Å²) in [5, 5.41) is 3.19. The molecule has 1 saturated heterocycles. The fourth-order valence-corrected chi connectivity index (χ4v) is 4.08. The van der Waals surface area contributed by atoms with Crippen molar-refractivity contribution < 1.29 is 17.9 Å². The van der Waals surface area contributed by atoms with E-state index in [1.54, 1.807) is 36.4 Å². The Morgan fingerprint density at radius 3 is 2.40 bits per heavy atom. The van der Waals surface area contributed by atoms with E-state index in [0.29, 0.717) is 42.6 Å². The number of nitrogens with zero attached hydrogens (tertiary/aromatic N) is 1. The molecule has 3 rings (SSSR count). The molecule has 2 aromatic carbocycles. The van der Waals surface area contributed by atoms with Crippen molar-refractivity contribution in [3.63, 3.8) is 0 Å². The molecule has 0 bridgehead atoms. The van der Waals surface area contributed by atoms with Gasteiger partial charge in [0.1, 0.15) is 0 Å². The predicted molar refractivity (Wildman–Crippen MR) is 95.4 cm³/mol. The first kappa shape index (κ1) is 17.9. The molecular weight excluding hydrogens is 364 g/mol. The molecule has 6 nitrogen and oxygen atoms in total. The summed E-state index contributed by atoms with van der Waals surface area (Å²) in [7, 11) is -3.54. The Balaban J connectivity index is 1.73. The highest BCUT2D eigenvalue weighted by atomic mass is 35.5. The van der Waals surface area contributed by atoms with Crippen LogP contribution >= 0.6 is 11.6 Å². The van der Waals surface area contributed by atoms with Gasteiger partial charge in [-0.05, 0) is 42.5 Å². The Morgan fingerprint density at radius 2 is 1.76 bits per heavy atom. The number of ether oxygens (including phenoxy) is 1. The van der Waals surface area contributed by atoms with Crippen LogP contribution in [-0.2, 0) is 14.8 Å². The molecule has 1 fully saturated rings. The van der Waals surface area contributed by atoms with Crippen molar-refractivity contribution in [2.45, 2.75) is 4.90 Å². The van der Waals surface area contributed by atoms with E-state index in [1.807, 2.05) is 0 Å². The molecule has 1 amide bonds. The third kappa shape index (κ3) is 4.19. The highest BCUT2D eigenvalue weighted by Gasteiger charge is 2.26. The summed E-state index contributed by atoms with van der Waals surface area (Å²) < 4.78 is 31.7. The van der Waals surface area contributed by atoms with Crippen LogP contribution in [0.15, 0.2) is 53.4 Å². The highest BCUT2D eigenvalue weighted by molar-refractivity contribution is 7.89. The maximum Gasteiger partial charge on any atom is 0.255 e. The average molecular weight is 381 g/mol. The number of sulfonamides is 1. The van der Waals surface area contributed by atoms with Crippen LogP contribution in [0.5, 0.6) is 0 Å². The van der Waals surface area contributed by atoms with Crippen molar-refractivity contribution in [3.05, 3.63) is 59.1 Å². The molecule has 1 N–H and O–H groups in total. The Labute approximate surface area is 151 Å². The molecule has 132 valence electrons. The van der Waals surface area contributed by atoms with Crippen LogP contribution in [0.25, 0.3) is 0 Å². The fourth-order valence-electron chi connectivity index (χ4n) is 2.48. The van der Waals surface area contributed by atoms with E-state index in [9.17, 15) is 13.2 Å². The number of amides is 1. The zero-order valence-electron chi connectivity index (χ0n) is 13.3. The van der Waals surface area contributed by atoms with Crippen LogP contribution in [0.4, 0.5) is 5.69 Å². The van der Waals surface area contributed by atoms with E-state index in [2.05, 4.69) is 5.32 Å². The Bertz CT molecular complexity index is 862. The van der Waals surface area contributed by atoms with Gasteiger partial charge in [0.15, 0.2) is 0 Å². The van der Waals surface area contributed by atoms with Crippen molar-refractivity contribution in [3.8, 4) is 0 Å². The molecule has 8 heteroatoms. The van der Waals surface area contributed by atoms with E-state index >= 15 is 0 Å². The summed E-state index contributed by atoms with van der Waals surface area (Å²) >= 11 is 5.88. The van der Waals surface area contributed by atoms with Crippen molar-refractivity contribution >= 4 is 33.2 Å². The van der Waals surface area contributed by atoms with Crippen LogP contribution in [-0.4, -0.2) is 44.9 Å². The molecule has 1 aliphatic heterocycles. The van der Waals surface area contributed by atoms with Gasteiger partial charge in [-0.1, -0.05) is 17.7 Å². The summed E-state index contributed by atoms with van der Waals surface area (Å²) in [4.78, 5) is 12.4. The molecule has 2 aromatic rings. The van der Waals surface area contributed by atoms with Crippen molar-refractivity contribution in [2.24, 2.45) is 0 Å². The smallest absolute Gasteiger partial charge is 0.255 e. The first-order chi connectivity index (χ1) is 12.0. The van der Waals surface area contributed by atoms with E-state index in [1.165, 1.54) is 16.4 Å². The van der Waals surface area contributed by atoms with E-state index in [4.69, 9.17) is 16.3 Å². The summed E-state index contributed by atoms with van der Waals surface area (Å²) in [6.07, 6.45) is 0. The first-order valence-electron chi connectivity index (χ1n) is 7.72. The Morgan fingerprint density at radius 1 is 1.08 bits per heavy atom. The number of halogens is 1. The van der Waals surface area contributed by atoms with Crippen molar-refractivity contribution in [1.29, 1.82) is 0 Å². The third-order valence-electron chi connectivity index (χ3n) is 3.81. The second-order valence-corrected chi connectivity index (χ2v) is 7.88. The summed E-state index contributed by atoms with van der Waals surface area (Å²) in [6.45, 7) is 1.48. The second-order valence-electron chi connectivity index (χ2n) is 5.51. The van der Waals surface area contributed by atoms with Gasteiger partial charge in [0.05, 0.1) is 18.1 Å². The zero-order valence-corrected chi connectivity index (χ0v) is 14.9. The molecule has 0 spiro atoms. The normalized spacial score (nSPS) is 15.7. The van der Waals surface area contributed by atoms with Crippen LogP contribution in [0.3, 0.4) is 0 Å². The molecule has 1 heterocycles. The molecule has 0 atom stereocenters. The highest BCUT2D eigenvalue weighted by Crippen LogP contribution is 2.20. The lowest BCUT2D eigenvalue weighted by Crippen LogP contribution is -2.40. The largest absolute Gasteiger partial charge is 0.379 e. The minimum Gasteiger partial charge on any atom is -0.379 e. The average Bonchev–Trinajstić information content (AvgIpc) is 2.63. The number of hydrogen-bond acceptors (Lipinski definition) is 4. The molecule has 1 aliphatic rings. The van der Waals surface area contributed by atoms with Gasteiger partial charge in [-0.25, -0.2) is 8.42 Å². The molecule has 0 aliphatic carbocycles. The van der Waals surface area contributed by atoms with Crippen LogP contribution in [0.2, 0.25) is 5.02 Å². The van der Waals surface area contributed by atoms with Gasteiger partial charge >= 0.3 is 0 Å². The van der Waals surface area contributed by atoms with E-state index < -0.39 is 10.0 Å². The lowest BCUT2D eigenvalue weighted by molar-refractivity contribution is 0.0730. The number of anilines is 1. The van der Waals surface area contributed by atoms with Gasteiger partial charge in [0.2, 0.25) is 10.0 Å². The summed E-state index contributed by atoms with van der Waals surface area (Å²) in [6, 6.07) is 12.7. The van der Waals surface area contributed by atoms with Gasteiger partial charge in [-0.3, -0.25) is 4.79 Å². The number of hydrogen-bond donors (Lipinski definition) is 1. The zero-order chi connectivity index (χ0) is 17.9. The minimum absolute atomic E-state index is 0.190. The molecule has 25 heavy (non-hydrogen) atoms. The van der Waals surface area contributed by atoms with Gasteiger partial charge in [0, 0.05) is 29.4 Å². The quantitative estimate of drug-likeness (QED) is 0.884. The number of rotatable bonds is 4. The van der Waals surface area contributed by atoms with Crippen LogP contribution in [0.1, 0.15) is 10.4 Å². The second kappa shape index (κ2) is 7.53. The van der Waals surface area contributed by atoms with Crippen LogP contribution < -0.4 is 5.32 Å². The third-order valence-corrected chi connectivity index (χ3v) is 5.95. The summed E-state index contributed by atoms with van der Waals surface area (Å²) in [5.74, 6) is -0.314. The molecule has 0 saturated carbocycles. The minimum atomic E-state index is -3.54. The number of nitrogens with one attached hydrogen (secondary N) is 1. The summed E-state index contributed by atoms with van der Waals surface area (Å²) in [5.41, 5.74) is 0.934. The Hall–Kier alpha value is -1.93. The molecule has 0 radical (unpaired) electrons. The van der Waals surface area contributed by atoms with Gasteiger partial charge in [0.25, 0.3) is 5.91 Å². The van der Waals surface area contributed by atoms with Crippen molar-refractivity contribution in [1.82, 2.24) is 4.31 Å². The topological polar surface area (TPSA) is 75.7 Å². The van der Waals surface area contributed by atoms with Gasteiger partial charge in [-0.2, -0.15) is 4.31 Å². The maximum absolute atomic E-state index is 12.5. The molecule has 0 aromatic heterocycles. The predicted octanol–water partition coefficient (Wildman–Crippen LogP) is 2.61. The van der Waals surface area contributed by atoms with Gasteiger partial charge in [-0.15, -0.1) is 0 Å². The van der Waals surface area contributed by atoms with Crippen LogP contribution in [0, 0.1) is 0 Å². The fraction of sp³-hybridized carbons (Fsp3) is 0.235. The monoisotopic (exact) mass is 380 g/mol. The SMILES string of the molecule is O=C(Nc1ccc(S(=O)(=O)N2CCOCC2)cc1)c1cccc(Cl)c1. The number of benzene rings is 2. The number of carbonyl (C=O) groups is 1. The molecular formula is C17H17ClN2O4S. The lowest BCUT2D eigenvalue weighted by atomic mass is 10.2. The first-order valence-corrected chi connectivity index (χ1v) is 9.53. The van der Waals surface area contributed by atoms with Gasteiger partial charge < -0.3 is 10.1 Å². The Kier molecular flexibility index (Phi) is 5.39. The standard InChI is InChI=1S/C17H17ClN2O4S/c18-14-3-1-2-13(12-14)17(21)19-15-4-6-16(7-5-15)25(22,23)20-8-10-24-11-9-20/h1-7,12H,8-11H2,(H,19,21). The van der Waals surface area contributed by atoms with Crippen molar-refractivity contribution in [2.75, 3.05) is 31.6 Å². The number of carbonyl (C=O) groups excluding carboxylic acids is 1.